The Labute approximate surface area is 121 Å². The molecule has 0 fully saturated rings. The van der Waals surface area contributed by atoms with Gasteiger partial charge in [0, 0.05) is 18.3 Å². The molecule has 112 valence electrons. The van der Waals surface area contributed by atoms with Gasteiger partial charge in [-0.3, -0.25) is 5.32 Å². The van der Waals surface area contributed by atoms with E-state index in [9.17, 15) is 9.26 Å². The fourth-order valence-corrected chi connectivity index (χ4v) is 2.55. The molecule has 0 bridgehead atoms. The number of hydrogen-bond acceptors (Lipinski definition) is 6. The van der Waals surface area contributed by atoms with Crippen molar-refractivity contribution in [3.63, 3.8) is 0 Å². The van der Waals surface area contributed by atoms with Gasteiger partial charge in [-0.15, -0.1) is 0 Å². The highest BCUT2D eigenvalue weighted by Gasteiger charge is 2.01. The van der Waals surface area contributed by atoms with Crippen molar-refractivity contribution in [2.75, 3.05) is 44.5 Å². The molecule has 0 spiro atoms. The SMILES string of the molecule is CCCSCCNCCCNCOCC[Si](=O)C=O. The van der Waals surface area contributed by atoms with Crippen molar-refractivity contribution < 1.29 is 14.0 Å². The molecule has 0 aromatic carbocycles. The number of ether oxygens (including phenoxy) is 1. The summed E-state index contributed by atoms with van der Waals surface area (Å²) in [5.74, 6) is 2.95. The normalized spacial score (nSPS) is 10.6. The van der Waals surface area contributed by atoms with E-state index in [2.05, 4.69) is 17.6 Å². The highest BCUT2D eigenvalue weighted by molar-refractivity contribution is 7.99. The molecule has 2 N–H and O–H groups in total. The van der Waals surface area contributed by atoms with E-state index in [1.165, 1.54) is 17.9 Å². The van der Waals surface area contributed by atoms with Crippen LogP contribution >= 0.6 is 11.8 Å². The Kier molecular flexibility index (Phi) is 15.9. The van der Waals surface area contributed by atoms with Gasteiger partial charge in [-0.25, -0.2) is 0 Å². The summed E-state index contributed by atoms with van der Waals surface area (Å²) in [6.45, 7) is 6.03. The lowest BCUT2D eigenvalue weighted by molar-refractivity contribution is 0.128. The van der Waals surface area contributed by atoms with Crippen molar-refractivity contribution in [3.05, 3.63) is 0 Å². The summed E-state index contributed by atoms with van der Waals surface area (Å²) in [7, 11) is -2.04. The summed E-state index contributed by atoms with van der Waals surface area (Å²) in [5.41, 5.74) is 0. The van der Waals surface area contributed by atoms with Gasteiger partial charge in [0.05, 0.1) is 13.3 Å². The first-order chi connectivity index (χ1) is 9.31. The Hall–Kier alpha value is -0.0831. The van der Waals surface area contributed by atoms with Crippen molar-refractivity contribution >= 4 is 26.4 Å². The standard InChI is InChI=1S/C12H26N2O3SSi/c1-2-8-18-9-6-13-4-3-5-14-11-17-7-10-19(16)12-15/h12-14H,2-11H2,1H3. The summed E-state index contributed by atoms with van der Waals surface area (Å²) < 4.78 is 16.0. The molecule has 0 aliphatic carbocycles. The molecule has 19 heavy (non-hydrogen) atoms. The van der Waals surface area contributed by atoms with Gasteiger partial charge in [-0.1, -0.05) is 6.92 Å². The van der Waals surface area contributed by atoms with E-state index in [1.54, 1.807) is 0 Å². The molecule has 0 heterocycles. The number of carbonyl (C=O) groups excluding carboxylic acids is 1. The molecule has 0 rings (SSSR count). The first-order valence-corrected chi connectivity index (χ1v) is 9.71. The topological polar surface area (TPSA) is 67.4 Å². The molecule has 0 unspecified atom stereocenters. The molecular formula is C12H26N2O3SSi. The maximum Gasteiger partial charge on any atom is 0.348 e. The van der Waals surface area contributed by atoms with E-state index >= 15 is 0 Å². The van der Waals surface area contributed by atoms with Crippen molar-refractivity contribution in [2.24, 2.45) is 0 Å². The summed E-state index contributed by atoms with van der Waals surface area (Å²) >= 11 is 1.99. The number of thioether (sulfide) groups is 1. The van der Waals surface area contributed by atoms with E-state index in [-0.39, 0.29) is 0 Å². The minimum Gasteiger partial charge on any atom is -0.380 e. The number of rotatable bonds is 15. The molecule has 0 aromatic rings. The molecule has 0 saturated carbocycles. The maximum atomic E-state index is 10.8. The van der Waals surface area contributed by atoms with Gasteiger partial charge >= 0.3 is 8.68 Å². The number of hydrogen-bond donors (Lipinski definition) is 2. The Morgan fingerprint density at radius 2 is 2.00 bits per heavy atom. The van der Waals surface area contributed by atoms with Crippen LogP contribution in [0.1, 0.15) is 19.8 Å². The van der Waals surface area contributed by atoms with Crippen LogP contribution in [0.5, 0.6) is 0 Å². The van der Waals surface area contributed by atoms with Gasteiger partial charge in [0.25, 0.3) is 0 Å². The number of nitrogens with one attached hydrogen (secondary N) is 2. The zero-order valence-corrected chi connectivity index (χ0v) is 13.6. The van der Waals surface area contributed by atoms with Gasteiger partial charge in [0.15, 0.2) is 5.91 Å². The van der Waals surface area contributed by atoms with Crippen molar-refractivity contribution in [2.45, 2.75) is 25.8 Å². The second kappa shape index (κ2) is 16.0. The summed E-state index contributed by atoms with van der Waals surface area (Å²) in [4.78, 5) is 10.1. The molecule has 7 heteroatoms. The second-order valence-corrected chi connectivity index (χ2v) is 7.00. The highest BCUT2D eigenvalue weighted by atomic mass is 32.2. The van der Waals surface area contributed by atoms with Crippen molar-refractivity contribution in [3.8, 4) is 0 Å². The molecule has 0 amide bonds. The van der Waals surface area contributed by atoms with Gasteiger partial charge in [-0.2, -0.15) is 11.8 Å². The summed E-state index contributed by atoms with van der Waals surface area (Å²) in [6, 6.07) is 0.354. The van der Waals surface area contributed by atoms with Gasteiger partial charge in [0.2, 0.25) is 0 Å². The van der Waals surface area contributed by atoms with Crippen molar-refractivity contribution in [1.82, 2.24) is 10.6 Å². The molecular weight excluding hydrogens is 280 g/mol. The lowest BCUT2D eigenvalue weighted by atomic mass is 10.4. The van der Waals surface area contributed by atoms with Crippen molar-refractivity contribution in [1.29, 1.82) is 0 Å². The predicted molar refractivity (Wildman–Crippen MR) is 81.9 cm³/mol. The monoisotopic (exact) mass is 306 g/mol. The summed E-state index contributed by atoms with van der Waals surface area (Å²) in [5, 5.41) is 6.53. The average molecular weight is 307 g/mol. The molecule has 5 nitrogen and oxygen atoms in total. The van der Waals surface area contributed by atoms with E-state index in [0.717, 1.165) is 26.1 Å². The van der Waals surface area contributed by atoms with Crippen LogP contribution in [-0.4, -0.2) is 59.1 Å². The zero-order chi connectivity index (χ0) is 14.2. The molecule has 0 aliphatic heterocycles. The smallest absolute Gasteiger partial charge is 0.348 e. The van der Waals surface area contributed by atoms with Crippen LogP contribution in [0, 0.1) is 0 Å². The lowest BCUT2D eigenvalue weighted by Crippen LogP contribution is -2.25. The summed E-state index contributed by atoms with van der Waals surface area (Å²) in [6.07, 6.45) is 2.31. The zero-order valence-electron chi connectivity index (χ0n) is 11.8. The highest BCUT2D eigenvalue weighted by Crippen LogP contribution is 1.99. The minimum atomic E-state index is -2.04. The fourth-order valence-electron chi connectivity index (χ4n) is 1.30. The quantitative estimate of drug-likeness (QED) is 0.202. The van der Waals surface area contributed by atoms with Gasteiger partial charge in [-0.05, 0) is 31.7 Å². The first-order valence-electron chi connectivity index (χ1n) is 6.86. The predicted octanol–water partition coefficient (Wildman–Crippen LogP) is 0.867. The van der Waals surface area contributed by atoms with E-state index in [4.69, 9.17) is 4.74 Å². The molecule has 0 radical (unpaired) electrons. The maximum absolute atomic E-state index is 10.8. The number of carbonyl (C=O) groups is 1. The van der Waals surface area contributed by atoms with Crippen LogP contribution in [0.3, 0.4) is 0 Å². The Bertz CT molecular complexity index is 233. The molecule has 0 aromatic heterocycles. The van der Waals surface area contributed by atoms with E-state index in [0.29, 0.717) is 25.3 Å². The Balaban J connectivity index is 2.99. The lowest BCUT2D eigenvalue weighted by Gasteiger charge is -2.06. The molecule has 0 saturated heterocycles. The van der Waals surface area contributed by atoms with Crippen LogP contribution in [0.2, 0.25) is 6.04 Å². The first kappa shape index (κ1) is 18.9. The van der Waals surface area contributed by atoms with E-state index < -0.39 is 8.68 Å². The Morgan fingerprint density at radius 3 is 2.74 bits per heavy atom. The minimum absolute atomic E-state index is 0.354. The Morgan fingerprint density at radius 1 is 1.21 bits per heavy atom. The van der Waals surface area contributed by atoms with Gasteiger partial charge in [0.1, 0.15) is 0 Å². The third-order valence-corrected chi connectivity index (χ3v) is 4.46. The van der Waals surface area contributed by atoms with Crippen LogP contribution in [0.4, 0.5) is 0 Å². The average Bonchev–Trinajstić information content (AvgIpc) is 2.43. The van der Waals surface area contributed by atoms with Crippen LogP contribution < -0.4 is 10.6 Å². The largest absolute Gasteiger partial charge is 0.380 e. The van der Waals surface area contributed by atoms with Crippen LogP contribution in [0.25, 0.3) is 0 Å². The molecule has 0 atom stereocenters. The fraction of sp³-hybridized carbons (Fsp3) is 0.917. The van der Waals surface area contributed by atoms with Gasteiger partial charge < -0.3 is 19.3 Å². The van der Waals surface area contributed by atoms with Crippen LogP contribution in [-0.2, 0) is 14.0 Å². The van der Waals surface area contributed by atoms with E-state index in [1.807, 2.05) is 11.8 Å². The second-order valence-electron chi connectivity index (χ2n) is 4.10. The van der Waals surface area contributed by atoms with Crippen LogP contribution in [0.15, 0.2) is 0 Å². The third kappa shape index (κ3) is 15.9. The molecule has 0 aliphatic rings. The third-order valence-electron chi connectivity index (χ3n) is 2.31.